The predicted octanol–water partition coefficient (Wildman–Crippen LogP) is 4.37. The lowest BCUT2D eigenvalue weighted by Gasteiger charge is -2.15. The summed E-state index contributed by atoms with van der Waals surface area (Å²) in [5.74, 6) is -0.140. The molecule has 3 N–H and O–H groups in total. The second kappa shape index (κ2) is 9.31. The maximum atomic E-state index is 13.2. The minimum Gasteiger partial charge on any atom is -0.489 e. The fraction of sp³-hybridized carbons (Fsp3) is 0.273. The third-order valence-electron chi connectivity index (χ3n) is 4.85. The number of ether oxygens (including phenoxy) is 2. The minimum atomic E-state index is -4.53. The standard InChI is InChI=1S/C22H23F3N4O3/c1-13-15(22(23,24)25)7-6-8-16(13)27-21(30)19-14(2)28-29(20(19)26)17-9-4-5-10-18(17)32-12-11-31-3/h4-10H,11-12,26H2,1-3H3,(H,27,30). The van der Waals surface area contributed by atoms with Gasteiger partial charge in [-0.25, -0.2) is 4.68 Å². The highest BCUT2D eigenvalue weighted by Crippen LogP contribution is 2.35. The Balaban J connectivity index is 1.94. The van der Waals surface area contributed by atoms with E-state index in [9.17, 15) is 18.0 Å². The fourth-order valence-electron chi connectivity index (χ4n) is 3.26. The average molecular weight is 448 g/mol. The van der Waals surface area contributed by atoms with Gasteiger partial charge in [-0.1, -0.05) is 18.2 Å². The minimum absolute atomic E-state index is 0.0346. The van der Waals surface area contributed by atoms with Crippen LogP contribution in [0.1, 0.15) is 27.2 Å². The molecule has 0 spiro atoms. The molecule has 0 aliphatic heterocycles. The van der Waals surface area contributed by atoms with Crippen molar-refractivity contribution >= 4 is 17.4 Å². The monoisotopic (exact) mass is 448 g/mol. The number of benzene rings is 2. The lowest BCUT2D eigenvalue weighted by molar-refractivity contribution is -0.138. The number of nitrogen functional groups attached to an aromatic ring is 1. The molecule has 0 bridgehead atoms. The van der Waals surface area contributed by atoms with Crippen LogP contribution < -0.4 is 15.8 Å². The number of aryl methyl sites for hydroxylation is 1. The van der Waals surface area contributed by atoms with Gasteiger partial charge in [-0.3, -0.25) is 4.79 Å². The fourth-order valence-corrected chi connectivity index (χ4v) is 3.26. The molecule has 0 aliphatic rings. The van der Waals surface area contributed by atoms with Crippen molar-refractivity contribution < 1.29 is 27.4 Å². The summed E-state index contributed by atoms with van der Waals surface area (Å²) < 4.78 is 51.6. The molecule has 3 aromatic rings. The van der Waals surface area contributed by atoms with Gasteiger partial charge in [-0.2, -0.15) is 18.3 Å². The van der Waals surface area contributed by atoms with E-state index in [-0.39, 0.29) is 22.6 Å². The number of amides is 1. The van der Waals surface area contributed by atoms with E-state index in [0.717, 1.165) is 6.07 Å². The maximum Gasteiger partial charge on any atom is 0.416 e. The number of para-hydroxylation sites is 2. The van der Waals surface area contributed by atoms with Gasteiger partial charge in [0.15, 0.2) is 0 Å². The van der Waals surface area contributed by atoms with E-state index >= 15 is 0 Å². The predicted molar refractivity (Wildman–Crippen MR) is 114 cm³/mol. The zero-order valence-corrected chi connectivity index (χ0v) is 17.8. The molecule has 0 aliphatic carbocycles. The van der Waals surface area contributed by atoms with Gasteiger partial charge in [0.25, 0.3) is 5.91 Å². The molecule has 1 aromatic heterocycles. The van der Waals surface area contributed by atoms with Crippen LogP contribution in [0.2, 0.25) is 0 Å². The van der Waals surface area contributed by atoms with Crippen molar-refractivity contribution in [1.29, 1.82) is 0 Å². The molecule has 0 unspecified atom stereocenters. The quantitative estimate of drug-likeness (QED) is 0.524. The van der Waals surface area contributed by atoms with Crippen LogP contribution in [-0.2, 0) is 10.9 Å². The smallest absolute Gasteiger partial charge is 0.416 e. The summed E-state index contributed by atoms with van der Waals surface area (Å²) in [6, 6.07) is 10.6. The Labute approximate surface area is 182 Å². The van der Waals surface area contributed by atoms with Crippen molar-refractivity contribution in [3.8, 4) is 11.4 Å². The number of methoxy groups -OCH3 is 1. The number of hydrogen-bond acceptors (Lipinski definition) is 5. The summed E-state index contributed by atoms with van der Waals surface area (Å²) in [4.78, 5) is 12.9. The number of hydrogen-bond donors (Lipinski definition) is 2. The molecule has 1 heterocycles. The van der Waals surface area contributed by atoms with Crippen LogP contribution in [0.15, 0.2) is 42.5 Å². The van der Waals surface area contributed by atoms with Crippen LogP contribution >= 0.6 is 0 Å². The van der Waals surface area contributed by atoms with E-state index in [4.69, 9.17) is 15.2 Å². The highest BCUT2D eigenvalue weighted by molar-refractivity contribution is 6.08. The van der Waals surface area contributed by atoms with Crippen molar-refractivity contribution in [3.05, 3.63) is 64.8 Å². The normalized spacial score (nSPS) is 11.4. The summed E-state index contributed by atoms with van der Waals surface area (Å²) >= 11 is 0. The number of halogens is 3. The zero-order chi connectivity index (χ0) is 23.5. The van der Waals surface area contributed by atoms with Crippen molar-refractivity contribution in [3.63, 3.8) is 0 Å². The Morgan fingerprint density at radius 3 is 2.53 bits per heavy atom. The largest absolute Gasteiger partial charge is 0.489 e. The lowest BCUT2D eigenvalue weighted by atomic mass is 10.1. The molecule has 1 amide bonds. The Bertz CT molecular complexity index is 1130. The van der Waals surface area contributed by atoms with Gasteiger partial charge < -0.3 is 20.5 Å². The second-order valence-corrected chi connectivity index (χ2v) is 7.00. The molecule has 0 radical (unpaired) electrons. The number of carbonyl (C=O) groups is 1. The van der Waals surface area contributed by atoms with E-state index < -0.39 is 17.6 Å². The molecule has 0 atom stereocenters. The molecule has 2 aromatic carbocycles. The van der Waals surface area contributed by atoms with Crippen molar-refractivity contribution in [2.24, 2.45) is 0 Å². The Morgan fingerprint density at radius 2 is 1.84 bits per heavy atom. The Kier molecular flexibility index (Phi) is 6.73. The molecule has 3 rings (SSSR count). The van der Waals surface area contributed by atoms with E-state index in [2.05, 4.69) is 10.4 Å². The molecule has 7 nitrogen and oxygen atoms in total. The van der Waals surface area contributed by atoms with Crippen molar-refractivity contribution in [1.82, 2.24) is 9.78 Å². The van der Waals surface area contributed by atoms with Crippen LogP contribution in [-0.4, -0.2) is 36.0 Å². The van der Waals surface area contributed by atoms with Gasteiger partial charge in [0.2, 0.25) is 0 Å². The lowest BCUT2D eigenvalue weighted by Crippen LogP contribution is -2.17. The first-order valence-corrected chi connectivity index (χ1v) is 9.69. The number of rotatable bonds is 7. The molecule has 10 heteroatoms. The molecule has 170 valence electrons. The molecule has 32 heavy (non-hydrogen) atoms. The number of alkyl halides is 3. The van der Waals surface area contributed by atoms with Gasteiger partial charge in [-0.15, -0.1) is 0 Å². The van der Waals surface area contributed by atoms with Crippen LogP contribution in [0, 0.1) is 13.8 Å². The number of aromatic nitrogens is 2. The van der Waals surface area contributed by atoms with Gasteiger partial charge in [0.05, 0.1) is 17.9 Å². The highest BCUT2D eigenvalue weighted by Gasteiger charge is 2.33. The maximum absolute atomic E-state index is 13.2. The number of nitrogens with one attached hydrogen (secondary N) is 1. The van der Waals surface area contributed by atoms with Crippen LogP contribution in [0.4, 0.5) is 24.7 Å². The zero-order valence-electron chi connectivity index (χ0n) is 17.8. The summed E-state index contributed by atoms with van der Waals surface area (Å²) in [7, 11) is 1.56. The van der Waals surface area contributed by atoms with Gasteiger partial charge in [0.1, 0.15) is 29.4 Å². The first kappa shape index (κ1) is 23.1. The van der Waals surface area contributed by atoms with Gasteiger partial charge in [-0.05, 0) is 43.7 Å². The number of anilines is 2. The number of nitrogens with two attached hydrogens (primary N) is 1. The SMILES string of the molecule is COCCOc1ccccc1-n1nc(C)c(C(=O)Nc2cccc(C(F)(F)F)c2C)c1N. The summed E-state index contributed by atoms with van der Waals surface area (Å²) in [5.41, 5.74) is 6.25. The molecular formula is C22H23F3N4O3. The van der Waals surface area contributed by atoms with Crippen molar-refractivity contribution in [2.45, 2.75) is 20.0 Å². The number of nitrogens with zero attached hydrogens (tertiary/aromatic N) is 2. The van der Waals surface area contributed by atoms with Crippen LogP contribution in [0.3, 0.4) is 0 Å². The third kappa shape index (κ3) is 4.70. The van der Waals surface area contributed by atoms with Gasteiger partial charge >= 0.3 is 6.18 Å². The average Bonchev–Trinajstić information content (AvgIpc) is 3.03. The first-order valence-electron chi connectivity index (χ1n) is 9.69. The topological polar surface area (TPSA) is 91.4 Å². The number of carbonyl (C=O) groups excluding carboxylic acids is 1. The Morgan fingerprint density at radius 1 is 1.12 bits per heavy atom. The summed E-state index contributed by atoms with van der Waals surface area (Å²) in [5, 5.41) is 6.87. The first-order chi connectivity index (χ1) is 15.1. The molecule has 0 saturated heterocycles. The van der Waals surface area contributed by atoms with E-state index in [1.165, 1.54) is 23.7 Å². The van der Waals surface area contributed by atoms with Gasteiger partial charge in [0, 0.05) is 12.8 Å². The molecular weight excluding hydrogens is 425 g/mol. The summed E-state index contributed by atoms with van der Waals surface area (Å²) in [6.45, 7) is 3.57. The van der Waals surface area contributed by atoms with E-state index in [1.54, 1.807) is 38.3 Å². The highest BCUT2D eigenvalue weighted by atomic mass is 19.4. The van der Waals surface area contributed by atoms with E-state index in [1.807, 2.05) is 0 Å². The van der Waals surface area contributed by atoms with Crippen LogP contribution in [0.25, 0.3) is 5.69 Å². The summed E-state index contributed by atoms with van der Waals surface area (Å²) in [6.07, 6.45) is -4.53. The molecule has 0 saturated carbocycles. The van der Waals surface area contributed by atoms with Crippen LogP contribution in [0.5, 0.6) is 5.75 Å². The third-order valence-corrected chi connectivity index (χ3v) is 4.85. The van der Waals surface area contributed by atoms with E-state index in [0.29, 0.717) is 30.3 Å². The molecule has 0 fully saturated rings. The van der Waals surface area contributed by atoms with Crippen molar-refractivity contribution in [2.75, 3.05) is 31.4 Å². The second-order valence-electron chi connectivity index (χ2n) is 7.00. The Hall–Kier alpha value is -3.53.